The van der Waals surface area contributed by atoms with Crippen molar-refractivity contribution in [3.63, 3.8) is 0 Å². The van der Waals surface area contributed by atoms with Gasteiger partial charge in [-0.3, -0.25) is 0 Å². The van der Waals surface area contributed by atoms with Crippen LogP contribution in [0.15, 0.2) is 18.6 Å². The van der Waals surface area contributed by atoms with E-state index in [1.165, 1.54) is 6.33 Å². The minimum absolute atomic E-state index is 0.0182. The van der Waals surface area contributed by atoms with E-state index in [1.807, 2.05) is 26.1 Å². The van der Waals surface area contributed by atoms with Crippen LogP contribution in [-0.2, 0) is 9.47 Å². The fraction of sp³-hybridized carbons (Fsp3) is 0.600. The summed E-state index contributed by atoms with van der Waals surface area (Å²) in [7, 11) is 0. The highest BCUT2D eigenvalue weighted by Crippen LogP contribution is 2.47. The second kappa shape index (κ2) is 4.65. The zero-order valence-electron chi connectivity index (χ0n) is 12.8. The average Bonchev–Trinajstić information content (AvgIpc) is 3.10. The molecular formula is C15H21N5O2. The first kappa shape index (κ1) is 13.9. The molecule has 4 rings (SSSR count). The molecule has 2 fully saturated rings. The van der Waals surface area contributed by atoms with Crippen molar-refractivity contribution in [2.24, 2.45) is 11.7 Å². The van der Waals surface area contributed by atoms with Gasteiger partial charge in [-0.15, -0.1) is 0 Å². The number of hydrogen-bond donors (Lipinski definition) is 2. The van der Waals surface area contributed by atoms with Gasteiger partial charge < -0.3 is 25.5 Å². The van der Waals surface area contributed by atoms with E-state index in [-0.39, 0.29) is 24.2 Å². The lowest BCUT2D eigenvalue weighted by atomic mass is 10.1. The van der Waals surface area contributed by atoms with Crippen LogP contribution in [-0.4, -0.2) is 39.1 Å². The van der Waals surface area contributed by atoms with Gasteiger partial charge in [-0.05, 0) is 32.9 Å². The monoisotopic (exact) mass is 303 g/mol. The number of ether oxygens (including phenoxy) is 2. The van der Waals surface area contributed by atoms with Crippen molar-refractivity contribution in [3.8, 4) is 0 Å². The van der Waals surface area contributed by atoms with Crippen molar-refractivity contribution >= 4 is 16.9 Å². The molecule has 22 heavy (non-hydrogen) atoms. The van der Waals surface area contributed by atoms with Crippen LogP contribution in [0.5, 0.6) is 0 Å². The predicted molar refractivity (Wildman–Crippen MR) is 82.0 cm³/mol. The fourth-order valence-electron chi connectivity index (χ4n) is 3.82. The Kier molecular flexibility index (Phi) is 2.94. The summed E-state index contributed by atoms with van der Waals surface area (Å²) < 4.78 is 14.3. The maximum absolute atomic E-state index is 6.15. The summed E-state index contributed by atoms with van der Waals surface area (Å²) in [4.78, 5) is 8.44. The van der Waals surface area contributed by atoms with E-state index in [2.05, 4.69) is 14.5 Å². The van der Waals surface area contributed by atoms with Crippen LogP contribution in [0, 0.1) is 5.92 Å². The third-order valence-electron chi connectivity index (χ3n) is 4.75. The van der Waals surface area contributed by atoms with Crippen LogP contribution >= 0.6 is 0 Å². The largest absolute Gasteiger partial charge is 0.383 e. The minimum Gasteiger partial charge on any atom is -0.383 e. The molecule has 4 atom stereocenters. The molecule has 0 amide bonds. The summed E-state index contributed by atoms with van der Waals surface area (Å²) in [6.45, 7) is 4.49. The molecule has 7 heteroatoms. The number of nitrogens with two attached hydrogens (primary N) is 2. The van der Waals surface area contributed by atoms with Gasteiger partial charge in [0, 0.05) is 12.1 Å². The molecule has 2 aliphatic rings. The van der Waals surface area contributed by atoms with Gasteiger partial charge >= 0.3 is 0 Å². The molecule has 3 heterocycles. The molecule has 4 unspecified atom stereocenters. The molecule has 118 valence electrons. The van der Waals surface area contributed by atoms with E-state index in [4.69, 9.17) is 20.9 Å². The van der Waals surface area contributed by atoms with Gasteiger partial charge in [0.15, 0.2) is 5.79 Å². The van der Waals surface area contributed by atoms with Gasteiger partial charge in [-0.25, -0.2) is 9.97 Å². The second-order valence-corrected chi connectivity index (χ2v) is 6.58. The average molecular weight is 303 g/mol. The Balaban J connectivity index is 1.77. The van der Waals surface area contributed by atoms with Crippen LogP contribution in [0.2, 0.25) is 0 Å². The van der Waals surface area contributed by atoms with E-state index < -0.39 is 5.79 Å². The van der Waals surface area contributed by atoms with Crippen molar-refractivity contribution in [2.45, 2.75) is 44.3 Å². The topological polar surface area (TPSA) is 101 Å². The Morgan fingerprint density at radius 1 is 1.32 bits per heavy atom. The number of nitrogens with zero attached hydrogens (tertiary/aromatic N) is 3. The van der Waals surface area contributed by atoms with Crippen molar-refractivity contribution in [1.82, 2.24) is 14.5 Å². The van der Waals surface area contributed by atoms with E-state index in [1.54, 1.807) is 0 Å². The molecule has 2 aromatic rings. The van der Waals surface area contributed by atoms with E-state index in [0.29, 0.717) is 12.4 Å². The van der Waals surface area contributed by atoms with Gasteiger partial charge in [0.1, 0.15) is 23.9 Å². The summed E-state index contributed by atoms with van der Waals surface area (Å²) >= 11 is 0. The first-order valence-electron chi connectivity index (χ1n) is 7.63. The van der Waals surface area contributed by atoms with Crippen LogP contribution in [0.1, 0.15) is 26.3 Å². The first-order valence-corrected chi connectivity index (χ1v) is 7.63. The number of hydrogen-bond acceptors (Lipinski definition) is 6. The molecule has 0 bridgehead atoms. The number of anilines is 1. The molecular weight excluding hydrogens is 282 g/mol. The molecule has 2 aromatic heterocycles. The van der Waals surface area contributed by atoms with Gasteiger partial charge in [0.2, 0.25) is 0 Å². The molecule has 1 aliphatic heterocycles. The summed E-state index contributed by atoms with van der Waals surface area (Å²) in [5, 5.41) is 0.869. The normalized spacial score (nSPS) is 33.4. The van der Waals surface area contributed by atoms with Gasteiger partial charge in [0.05, 0.1) is 17.5 Å². The highest BCUT2D eigenvalue weighted by atomic mass is 16.8. The molecule has 1 saturated carbocycles. The Bertz CT molecular complexity index is 713. The van der Waals surface area contributed by atoms with E-state index in [9.17, 15) is 0 Å². The third-order valence-corrected chi connectivity index (χ3v) is 4.75. The van der Waals surface area contributed by atoms with Crippen molar-refractivity contribution in [3.05, 3.63) is 18.6 Å². The standard InChI is InChI=1S/C15H21N5O2/c1-15(2)21-11-8(6-16)5-10(12(11)22-15)20-4-3-9-13(17)18-7-19-14(9)20/h3-4,7-8,10-12H,5-6,16H2,1-2H3,(H2,17,18,19). The number of fused-ring (bicyclic) bond motifs is 2. The number of nitrogen functional groups attached to an aromatic ring is 1. The van der Waals surface area contributed by atoms with Gasteiger partial charge in [0.25, 0.3) is 0 Å². The van der Waals surface area contributed by atoms with E-state index >= 15 is 0 Å². The Morgan fingerprint density at radius 3 is 2.86 bits per heavy atom. The number of aromatic nitrogens is 3. The molecule has 0 radical (unpaired) electrons. The second-order valence-electron chi connectivity index (χ2n) is 6.58. The fourth-order valence-corrected chi connectivity index (χ4v) is 3.82. The predicted octanol–water partition coefficient (Wildman–Crippen LogP) is 1.05. The first-order chi connectivity index (χ1) is 10.5. The molecule has 0 spiro atoms. The van der Waals surface area contributed by atoms with Gasteiger partial charge in [-0.1, -0.05) is 0 Å². The Hall–Kier alpha value is -1.70. The zero-order valence-corrected chi connectivity index (χ0v) is 12.8. The summed E-state index contributed by atoms with van der Waals surface area (Å²) in [5.41, 5.74) is 12.7. The Morgan fingerprint density at radius 2 is 2.09 bits per heavy atom. The minimum atomic E-state index is -0.571. The summed E-state index contributed by atoms with van der Waals surface area (Å²) in [5.74, 6) is 0.212. The number of rotatable bonds is 2. The lowest BCUT2D eigenvalue weighted by Crippen LogP contribution is -2.29. The quantitative estimate of drug-likeness (QED) is 0.860. The molecule has 7 nitrogen and oxygen atoms in total. The SMILES string of the molecule is CC1(C)OC2C(CN)CC(n3ccc4c(N)ncnc43)C2O1. The molecule has 0 aromatic carbocycles. The Labute approximate surface area is 128 Å². The molecule has 1 aliphatic carbocycles. The highest BCUT2D eigenvalue weighted by Gasteiger charge is 2.54. The third kappa shape index (κ3) is 1.93. The lowest BCUT2D eigenvalue weighted by Gasteiger charge is -2.24. The van der Waals surface area contributed by atoms with Crippen molar-refractivity contribution < 1.29 is 9.47 Å². The van der Waals surface area contributed by atoms with Crippen LogP contribution in [0.3, 0.4) is 0 Å². The zero-order chi connectivity index (χ0) is 15.5. The highest BCUT2D eigenvalue weighted by molar-refractivity contribution is 5.86. The van der Waals surface area contributed by atoms with Crippen LogP contribution in [0.25, 0.3) is 11.0 Å². The summed E-state index contributed by atoms with van der Waals surface area (Å²) in [6.07, 6.45) is 4.43. The molecule has 1 saturated heterocycles. The van der Waals surface area contributed by atoms with Gasteiger partial charge in [-0.2, -0.15) is 0 Å². The lowest BCUT2D eigenvalue weighted by molar-refractivity contribution is -0.159. The van der Waals surface area contributed by atoms with Crippen LogP contribution in [0.4, 0.5) is 5.82 Å². The van der Waals surface area contributed by atoms with Crippen molar-refractivity contribution in [2.75, 3.05) is 12.3 Å². The van der Waals surface area contributed by atoms with Crippen LogP contribution < -0.4 is 11.5 Å². The van der Waals surface area contributed by atoms with Crippen molar-refractivity contribution in [1.29, 1.82) is 0 Å². The summed E-state index contributed by atoms with van der Waals surface area (Å²) in [6, 6.07) is 2.10. The maximum atomic E-state index is 6.15. The maximum Gasteiger partial charge on any atom is 0.163 e. The smallest absolute Gasteiger partial charge is 0.163 e. The van der Waals surface area contributed by atoms with E-state index in [0.717, 1.165) is 17.5 Å². The molecule has 4 N–H and O–H groups in total.